The van der Waals surface area contributed by atoms with Crippen molar-refractivity contribution in [1.29, 1.82) is 0 Å². The summed E-state index contributed by atoms with van der Waals surface area (Å²) >= 11 is 5.54. The molecule has 0 heterocycles. The molecule has 1 aromatic rings. The van der Waals surface area contributed by atoms with Crippen molar-refractivity contribution in [3.63, 3.8) is 0 Å². The quantitative estimate of drug-likeness (QED) is 0.678. The molecule has 78 valence electrons. The molecule has 0 saturated heterocycles. The molecule has 0 unspecified atom stereocenters. The number of ether oxygens (including phenoxy) is 2. The Bertz CT molecular complexity index is 236. The van der Waals surface area contributed by atoms with E-state index in [0.29, 0.717) is 19.1 Å². The number of halogens is 1. The molecule has 0 bridgehead atoms. The molecule has 0 spiro atoms. The molecule has 2 nitrogen and oxygen atoms in total. The van der Waals surface area contributed by atoms with Gasteiger partial charge in [0.25, 0.3) is 0 Å². The lowest BCUT2D eigenvalue weighted by molar-refractivity contribution is 0.278. The lowest BCUT2D eigenvalue weighted by Gasteiger charge is -2.10. The van der Waals surface area contributed by atoms with Crippen molar-refractivity contribution in [2.45, 2.75) is 13.3 Å². The molecule has 0 radical (unpaired) electrons. The van der Waals surface area contributed by atoms with Crippen molar-refractivity contribution in [1.82, 2.24) is 0 Å². The van der Waals surface area contributed by atoms with Gasteiger partial charge in [-0.15, -0.1) is 11.6 Å². The summed E-state index contributed by atoms with van der Waals surface area (Å²) in [6.45, 7) is 3.29. The van der Waals surface area contributed by atoms with E-state index in [1.807, 2.05) is 24.3 Å². The Labute approximate surface area is 89.8 Å². The van der Waals surface area contributed by atoms with Gasteiger partial charge in [0.05, 0.1) is 12.5 Å². The van der Waals surface area contributed by atoms with Crippen LogP contribution in [0.3, 0.4) is 0 Å². The third-order valence-corrected chi connectivity index (χ3v) is 1.80. The van der Waals surface area contributed by atoms with E-state index in [4.69, 9.17) is 21.1 Å². The molecule has 0 N–H and O–H groups in total. The first-order chi connectivity index (χ1) is 6.88. The minimum absolute atomic E-state index is 0.488. The molecular formula is C11H15ClO2. The number of alkyl halides is 1. The maximum absolute atomic E-state index is 5.54. The number of hydrogen-bond donors (Lipinski definition) is 0. The van der Waals surface area contributed by atoms with E-state index in [1.54, 1.807) is 0 Å². The second-order valence-electron chi connectivity index (χ2n) is 2.83. The average Bonchev–Trinajstić information content (AvgIpc) is 2.24. The topological polar surface area (TPSA) is 18.5 Å². The maximum atomic E-state index is 5.54. The van der Waals surface area contributed by atoms with Crippen molar-refractivity contribution in [3.05, 3.63) is 24.3 Å². The molecule has 0 aliphatic rings. The molecule has 1 aromatic carbocycles. The number of hydrogen-bond acceptors (Lipinski definition) is 2. The van der Waals surface area contributed by atoms with Crippen LogP contribution in [0.15, 0.2) is 24.3 Å². The summed E-state index contributed by atoms with van der Waals surface area (Å²) in [5.41, 5.74) is 0. The molecule has 0 aliphatic carbocycles. The minimum Gasteiger partial charge on any atom is -0.490 e. The molecule has 3 heteroatoms. The Morgan fingerprint density at radius 1 is 1.07 bits per heavy atom. The first-order valence-corrected chi connectivity index (χ1v) is 5.32. The Hall–Kier alpha value is -0.890. The maximum Gasteiger partial charge on any atom is 0.161 e. The lowest BCUT2D eigenvalue weighted by atomic mass is 10.3. The summed E-state index contributed by atoms with van der Waals surface area (Å²) in [6, 6.07) is 7.64. The standard InChI is InChI=1S/C11H15ClO2/c1-2-8-13-10-5-3-4-6-11(10)14-9-7-12/h3-6H,2,7-9H2,1H3. The Balaban J connectivity index is 2.60. The summed E-state index contributed by atoms with van der Waals surface area (Å²) in [4.78, 5) is 0. The van der Waals surface area contributed by atoms with Crippen LogP contribution in [0.5, 0.6) is 11.5 Å². The number of para-hydroxylation sites is 2. The SMILES string of the molecule is CCCOc1ccccc1OCCCl. The van der Waals surface area contributed by atoms with Gasteiger partial charge in [-0.05, 0) is 18.6 Å². The van der Waals surface area contributed by atoms with Crippen LogP contribution < -0.4 is 9.47 Å². The van der Waals surface area contributed by atoms with Crippen molar-refractivity contribution in [3.8, 4) is 11.5 Å². The molecule has 0 amide bonds. The predicted octanol–water partition coefficient (Wildman–Crippen LogP) is 3.09. The average molecular weight is 215 g/mol. The van der Waals surface area contributed by atoms with Crippen molar-refractivity contribution < 1.29 is 9.47 Å². The van der Waals surface area contributed by atoms with Gasteiger partial charge in [0, 0.05) is 0 Å². The van der Waals surface area contributed by atoms with E-state index in [0.717, 1.165) is 17.9 Å². The summed E-state index contributed by atoms with van der Waals surface area (Å²) < 4.78 is 10.9. The van der Waals surface area contributed by atoms with E-state index in [1.165, 1.54) is 0 Å². The van der Waals surface area contributed by atoms with Gasteiger partial charge in [-0.3, -0.25) is 0 Å². The van der Waals surface area contributed by atoms with Crippen LogP contribution in [0.2, 0.25) is 0 Å². The second-order valence-corrected chi connectivity index (χ2v) is 3.21. The van der Waals surface area contributed by atoms with Gasteiger partial charge in [-0.1, -0.05) is 19.1 Å². The third-order valence-electron chi connectivity index (χ3n) is 1.65. The molecule has 0 atom stereocenters. The highest BCUT2D eigenvalue weighted by molar-refractivity contribution is 6.18. The zero-order chi connectivity index (χ0) is 10.2. The Morgan fingerprint density at radius 2 is 1.64 bits per heavy atom. The minimum atomic E-state index is 0.488. The van der Waals surface area contributed by atoms with E-state index in [-0.39, 0.29) is 0 Å². The zero-order valence-electron chi connectivity index (χ0n) is 8.33. The van der Waals surface area contributed by atoms with E-state index in [9.17, 15) is 0 Å². The second kappa shape index (κ2) is 6.55. The van der Waals surface area contributed by atoms with Gasteiger partial charge in [-0.2, -0.15) is 0 Å². The van der Waals surface area contributed by atoms with Gasteiger partial charge in [0.1, 0.15) is 6.61 Å². The van der Waals surface area contributed by atoms with E-state index >= 15 is 0 Å². The van der Waals surface area contributed by atoms with Crippen LogP contribution in [0, 0.1) is 0 Å². The van der Waals surface area contributed by atoms with Crippen LogP contribution in [0.25, 0.3) is 0 Å². The van der Waals surface area contributed by atoms with Crippen LogP contribution >= 0.6 is 11.6 Å². The van der Waals surface area contributed by atoms with Crippen LogP contribution in [0.4, 0.5) is 0 Å². The third kappa shape index (κ3) is 3.46. The van der Waals surface area contributed by atoms with E-state index < -0.39 is 0 Å². The molecule has 1 rings (SSSR count). The molecule has 0 fully saturated rings. The van der Waals surface area contributed by atoms with Crippen molar-refractivity contribution >= 4 is 11.6 Å². The van der Waals surface area contributed by atoms with Crippen molar-refractivity contribution in [2.75, 3.05) is 19.1 Å². The summed E-state index contributed by atoms with van der Waals surface area (Å²) in [5.74, 6) is 2.04. The highest BCUT2D eigenvalue weighted by atomic mass is 35.5. The number of rotatable bonds is 6. The van der Waals surface area contributed by atoms with Gasteiger partial charge < -0.3 is 9.47 Å². The lowest BCUT2D eigenvalue weighted by Crippen LogP contribution is -2.02. The molecule has 14 heavy (non-hydrogen) atoms. The van der Waals surface area contributed by atoms with Gasteiger partial charge in [0.2, 0.25) is 0 Å². The highest BCUT2D eigenvalue weighted by Gasteiger charge is 2.02. The summed E-state index contributed by atoms with van der Waals surface area (Å²) in [7, 11) is 0. The first-order valence-electron chi connectivity index (χ1n) is 4.79. The molecule has 0 aliphatic heterocycles. The van der Waals surface area contributed by atoms with Crippen molar-refractivity contribution in [2.24, 2.45) is 0 Å². The predicted molar refractivity (Wildman–Crippen MR) is 58.4 cm³/mol. The number of benzene rings is 1. The van der Waals surface area contributed by atoms with Gasteiger partial charge >= 0.3 is 0 Å². The summed E-state index contributed by atoms with van der Waals surface area (Å²) in [6.07, 6.45) is 0.990. The first kappa shape index (κ1) is 11.2. The fraction of sp³-hybridized carbons (Fsp3) is 0.455. The molecule has 0 aromatic heterocycles. The highest BCUT2D eigenvalue weighted by Crippen LogP contribution is 2.26. The van der Waals surface area contributed by atoms with E-state index in [2.05, 4.69) is 6.92 Å². The van der Waals surface area contributed by atoms with Crippen LogP contribution in [-0.4, -0.2) is 19.1 Å². The molecule has 0 saturated carbocycles. The smallest absolute Gasteiger partial charge is 0.161 e. The largest absolute Gasteiger partial charge is 0.490 e. The van der Waals surface area contributed by atoms with Gasteiger partial charge in [-0.25, -0.2) is 0 Å². The van der Waals surface area contributed by atoms with Gasteiger partial charge in [0.15, 0.2) is 11.5 Å². The van der Waals surface area contributed by atoms with Crippen LogP contribution in [-0.2, 0) is 0 Å². The monoisotopic (exact) mass is 214 g/mol. The fourth-order valence-corrected chi connectivity index (χ4v) is 1.13. The summed E-state index contributed by atoms with van der Waals surface area (Å²) in [5, 5.41) is 0. The van der Waals surface area contributed by atoms with Crippen LogP contribution in [0.1, 0.15) is 13.3 Å². The zero-order valence-corrected chi connectivity index (χ0v) is 9.09. The normalized spacial score (nSPS) is 9.86. The molecular weight excluding hydrogens is 200 g/mol. The fourth-order valence-electron chi connectivity index (χ4n) is 1.05. The Kier molecular flexibility index (Phi) is 5.23. The Morgan fingerprint density at radius 3 is 2.14 bits per heavy atom.